The molecule has 0 saturated heterocycles. The maximum Gasteiger partial charge on any atom is 0.188 e. The van der Waals surface area contributed by atoms with Gasteiger partial charge in [-0.05, 0) is 63.2 Å². The number of nitrogens with zero attached hydrogens (tertiary/aromatic N) is 3. The Labute approximate surface area is 210 Å². The molecule has 36 heavy (non-hydrogen) atoms. The van der Waals surface area contributed by atoms with Gasteiger partial charge in [0.15, 0.2) is 11.6 Å². The minimum atomic E-state index is -0.495. The average molecular weight is 488 g/mol. The summed E-state index contributed by atoms with van der Waals surface area (Å²) >= 11 is 0. The van der Waals surface area contributed by atoms with Crippen molar-refractivity contribution in [2.45, 2.75) is 33.4 Å². The molecule has 1 heterocycles. The molecule has 0 spiro atoms. The van der Waals surface area contributed by atoms with Gasteiger partial charge < -0.3 is 20.1 Å². The number of para-hydroxylation sites is 1. The second-order valence-corrected chi connectivity index (χ2v) is 8.49. The number of amidine groups is 1. The van der Waals surface area contributed by atoms with E-state index < -0.39 is 5.82 Å². The first kappa shape index (κ1) is 24.8. The van der Waals surface area contributed by atoms with E-state index in [1.165, 1.54) is 0 Å². The molecule has 0 atom stereocenters. The first-order valence-corrected chi connectivity index (χ1v) is 11.8. The summed E-state index contributed by atoms with van der Waals surface area (Å²) in [5, 5.41) is 12.4. The smallest absolute Gasteiger partial charge is 0.188 e. The van der Waals surface area contributed by atoms with Crippen molar-refractivity contribution in [3.05, 3.63) is 96.1 Å². The molecule has 1 aromatic heterocycles. The Hall–Kier alpha value is -4.33. The van der Waals surface area contributed by atoms with E-state index in [4.69, 9.17) is 25.7 Å². The molecule has 0 aliphatic heterocycles. The van der Waals surface area contributed by atoms with E-state index in [0.29, 0.717) is 29.3 Å². The topological polar surface area (TPSA) is 89.4 Å². The van der Waals surface area contributed by atoms with E-state index in [2.05, 4.69) is 0 Å². The van der Waals surface area contributed by atoms with Gasteiger partial charge in [-0.3, -0.25) is 5.41 Å². The van der Waals surface area contributed by atoms with Crippen molar-refractivity contribution in [2.75, 3.05) is 11.5 Å². The summed E-state index contributed by atoms with van der Waals surface area (Å²) in [6.07, 6.45) is 1.66. The molecule has 0 unspecified atom stereocenters. The van der Waals surface area contributed by atoms with Crippen molar-refractivity contribution >= 4 is 17.2 Å². The molecule has 3 aromatic carbocycles. The summed E-state index contributed by atoms with van der Waals surface area (Å²) in [7, 11) is 0. The largest absolute Gasteiger partial charge is 0.494 e. The molecule has 0 radical (unpaired) electrons. The molecule has 4 rings (SSSR count). The zero-order chi connectivity index (χ0) is 25.7. The summed E-state index contributed by atoms with van der Waals surface area (Å²) < 4.78 is 29.2. The third-order valence-corrected chi connectivity index (χ3v) is 5.43. The maximum absolute atomic E-state index is 15.9. The number of hydrogen-bond acceptors (Lipinski definition) is 5. The van der Waals surface area contributed by atoms with Gasteiger partial charge in [-0.15, -0.1) is 0 Å². The van der Waals surface area contributed by atoms with Gasteiger partial charge in [0, 0.05) is 29.6 Å². The number of nitrogen functional groups attached to an aromatic ring is 1. The number of nitrogens with one attached hydrogen (secondary N) is 1. The number of ether oxygens (including phenoxy) is 2. The van der Waals surface area contributed by atoms with Crippen LogP contribution in [-0.2, 0) is 6.54 Å². The van der Waals surface area contributed by atoms with Crippen LogP contribution in [0.1, 0.15) is 32.0 Å². The number of rotatable bonds is 10. The lowest BCUT2D eigenvalue weighted by atomic mass is 10.1. The van der Waals surface area contributed by atoms with E-state index in [0.717, 1.165) is 11.4 Å². The van der Waals surface area contributed by atoms with Crippen molar-refractivity contribution < 1.29 is 13.9 Å². The number of nitrogens with two attached hydrogens (primary N) is 1. The Morgan fingerprint density at radius 3 is 2.44 bits per heavy atom. The first-order valence-electron chi connectivity index (χ1n) is 11.8. The van der Waals surface area contributed by atoms with Crippen molar-refractivity contribution in [3.63, 3.8) is 0 Å². The van der Waals surface area contributed by atoms with Gasteiger partial charge in [0.2, 0.25) is 0 Å². The van der Waals surface area contributed by atoms with E-state index in [-0.39, 0.29) is 24.2 Å². The summed E-state index contributed by atoms with van der Waals surface area (Å²) in [5.41, 5.74) is 8.89. The van der Waals surface area contributed by atoms with E-state index in [1.54, 1.807) is 41.1 Å². The van der Waals surface area contributed by atoms with Crippen LogP contribution in [0, 0.1) is 11.2 Å². The lowest BCUT2D eigenvalue weighted by Crippen LogP contribution is -2.20. The van der Waals surface area contributed by atoms with Gasteiger partial charge in [0.25, 0.3) is 0 Å². The van der Waals surface area contributed by atoms with Gasteiger partial charge in [-0.2, -0.15) is 5.10 Å². The van der Waals surface area contributed by atoms with Crippen LogP contribution in [0.5, 0.6) is 11.5 Å². The minimum absolute atomic E-state index is 0.0353. The quantitative estimate of drug-likeness (QED) is 0.217. The predicted molar refractivity (Wildman–Crippen MR) is 140 cm³/mol. The number of anilines is 2. The van der Waals surface area contributed by atoms with Crippen LogP contribution in [0.2, 0.25) is 0 Å². The number of aromatic nitrogens is 2. The standard InChI is InChI=1S/C28H30FN5O2/c1-4-35-24-16-25(27(29)26(17-24)36-19(2)3)33(22-12-10-20(11-13-22)28(30)31)18-21-14-15-34(32-21)23-8-6-5-7-9-23/h5-17,19H,4,18H2,1-3H3,(H3,30,31). The Morgan fingerprint density at radius 1 is 1.08 bits per heavy atom. The van der Waals surface area contributed by atoms with E-state index in [1.807, 2.05) is 68.3 Å². The van der Waals surface area contributed by atoms with Gasteiger partial charge in [-0.25, -0.2) is 9.07 Å². The predicted octanol–water partition coefficient (Wildman–Crippen LogP) is 5.82. The lowest BCUT2D eigenvalue weighted by Gasteiger charge is -2.27. The second-order valence-electron chi connectivity index (χ2n) is 8.49. The fraction of sp³-hybridized carbons (Fsp3) is 0.214. The van der Waals surface area contributed by atoms with Crippen LogP contribution < -0.4 is 20.1 Å². The van der Waals surface area contributed by atoms with Gasteiger partial charge in [-0.1, -0.05) is 18.2 Å². The van der Waals surface area contributed by atoms with Crippen LogP contribution in [0.15, 0.2) is 79.0 Å². The molecule has 0 fully saturated rings. The first-order chi connectivity index (χ1) is 17.4. The number of halogens is 1. The molecule has 0 aliphatic rings. The summed E-state index contributed by atoms with van der Waals surface area (Å²) in [6.45, 7) is 6.29. The van der Waals surface area contributed by atoms with Crippen LogP contribution >= 0.6 is 0 Å². The van der Waals surface area contributed by atoms with Crippen LogP contribution in [-0.4, -0.2) is 28.3 Å². The maximum atomic E-state index is 15.9. The molecule has 186 valence electrons. The average Bonchev–Trinajstić information content (AvgIpc) is 3.34. The number of benzene rings is 3. The molecule has 0 bridgehead atoms. The van der Waals surface area contributed by atoms with Crippen LogP contribution in [0.25, 0.3) is 5.69 Å². The van der Waals surface area contributed by atoms with Crippen molar-refractivity contribution in [1.82, 2.24) is 9.78 Å². The highest BCUT2D eigenvalue weighted by molar-refractivity contribution is 5.95. The highest BCUT2D eigenvalue weighted by Crippen LogP contribution is 2.38. The molecule has 0 amide bonds. The summed E-state index contributed by atoms with van der Waals surface area (Å²) in [4.78, 5) is 1.81. The highest BCUT2D eigenvalue weighted by atomic mass is 19.1. The molecule has 4 aromatic rings. The molecular formula is C28H30FN5O2. The highest BCUT2D eigenvalue weighted by Gasteiger charge is 2.22. The summed E-state index contributed by atoms with van der Waals surface area (Å²) in [6, 6.07) is 22.0. The molecule has 0 saturated carbocycles. The van der Waals surface area contributed by atoms with Crippen molar-refractivity contribution in [2.24, 2.45) is 5.73 Å². The van der Waals surface area contributed by atoms with Gasteiger partial charge in [0.1, 0.15) is 11.6 Å². The van der Waals surface area contributed by atoms with Gasteiger partial charge >= 0.3 is 0 Å². The zero-order valence-electron chi connectivity index (χ0n) is 20.6. The fourth-order valence-electron chi connectivity index (χ4n) is 3.81. The van der Waals surface area contributed by atoms with Gasteiger partial charge in [0.05, 0.1) is 36.3 Å². The van der Waals surface area contributed by atoms with E-state index >= 15 is 4.39 Å². The van der Waals surface area contributed by atoms with Crippen molar-refractivity contribution in [3.8, 4) is 17.2 Å². The normalized spacial score (nSPS) is 10.9. The van der Waals surface area contributed by atoms with Crippen LogP contribution in [0.4, 0.5) is 15.8 Å². The monoisotopic (exact) mass is 487 g/mol. The molecule has 8 heteroatoms. The Bertz CT molecular complexity index is 1320. The third-order valence-electron chi connectivity index (χ3n) is 5.43. The minimum Gasteiger partial charge on any atom is -0.494 e. The second kappa shape index (κ2) is 10.9. The molecular weight excluding hydrogens is 457 g/mol. The lowest BCUT2D eigenvalue weighted by molar-refractivity contribution is 0.229. The Morgan fingerprint density at radius 2 is 1.81 bits per heavy atom. The number of hydrogen-bond donors (Lipinski definition) is 2. The SMILES string of the molecule is CCOc1cc(OC(C)C)c(F)c(N(Cc2ccn(-c3ccccc3)n2)c2ccc(C(=N)N)cc2)c1. The summed E-state index contributed by atoms with van der Waals surface area (Å²) in [5.74, 6) is 0.0907. The van der Waals surface area contributed by atoms with E-state index in [9.17, 15) is 0 Å². The Kier molecular flexibility index (Phi) is 7.53. The molecule has 0 aliphatic carbocycles. The van der Waals surface area contributed by atoms with Crippen molar-refractivity contribution in [1.29, 1.82) is 5.41 Å². The fourth-order valence-corrected chi connectivity index (χ4v) is 3.81. The molecule has 3 N–H and O–H groups in total. The van der Waals surface area contributed by atoms with Crippen LogP contribution in [0.3, 0.4) is 0 Å². The molecule has 7 nitrogen and oxygen atoms in total. The Balaban J connectivity index is 1.79. The zero-order valence-corrected chi connectivity index (χ0v) is 20.6. The third kappa shape index (κ3) is 5.66.